The van der Waals surface area contributed by atoms with E-state index in [2.05, 4.69) is 17.9 Å². The molecule has 0 amide bonds. The van der Waals surface area contributed by atoms with E-state index in [0.717, 1.165) is 10.9 Å². The van der Waals surface area contributed by atoms with Crippen molar-refractivity contribution in [2.24, 2.45) is 0 Å². The van der Waals surface area contributed by atoms with Gasteiger partial charge in [0.25, 0.3) is 0 Å². The second kappa shape index (κ2) is 4.33. The predicted molar refractivity (Wildman–Crippen MR) is 59.3 cm³/mol. The summed E-state index contributed by atoms with van der Waals surface area (Å²) in [5.74, 6) is 0.741. The van der Waals surface area contributed by atoms with E-state index in [1.165, 1.54) is 31.2 Å². The number of benzene rings is 1. The third-order valence-electron chi connectivity index (χ3n) is 3.19. The Morgan fingerprint density at radius 1 is 1.00 bits per heavy atom. The van der Waals surface area contributed by atoms with E-state index >= 15 is 0 Å². The lowest BCUT2D eigenvalue weighted by Crippen LogP contribution is -2.61. The number of halogens is 1. The molecule has 0 aliphatic heterocycles. The maximum absolute atomic E-state index is 5.86. The molecular formula is C12H17ClN+. The molecule has 1 saturated carbocycles. The van der Waals surface area contributed by atoms with Crippen molar-refractivity contribution in [3.63, 3.8) is 0 Å². The fraction of sp³-hybridized carbons (Fsp3) is 0.500. The van der Waals surface area contributed by atoms with Crippen LogP contribution in [0.2, 0.25) is 5.02 Å². The minimum Gasteiger partial charge on any atom is -0.355 e. The monoisotopic (exact) mass is 210 g/mol. The van der Waals surface area contributed by atoms with Gasteiger partial charge in [0.2, 0.25) is 0 Å². The quantitative estimate of drug-likeness (QED) is 0.738. The summed E-state index contributed by atoms with van der Waals surface area (Å²) in [7, 11) is 0. The Hall–Kier alpha value is -0.530. The van der Waals surface area contributed by atoms with Crippen molar-refractivity contribution in [2.75, 3.05) is 0 Å². The van der Waals surface area contributed by atoms with Gasteiger partial charge in [0, 0.05) is 5.02 Å². The van der Waals surface area contributed by atoms with Gasteiger partial charge in [-0.15, -0.1) is 0 Å². The maximum atomic E-state index is 5.86. The Balaban J connectivity index is 2.05. The zero-order chi connectivity index (χ0) is 9.97. The van der Waals surface area contributed by atoms with Gasteiger partial charge in [0.05, 0.1) is 6.04 Å². The summed E-state index contributed by atoms with van der Waals surface area (Å²) >= 11 is 5.86. The van der Waals surface area contributed by atoms with E-state index in [9.17, 15) is 0 Å². The van der Waals surface area contributed by atoms with Crippen LogP contribution in [0.4, 0.5) is 0 Å². The Labute approximate surface area is 90.3 Å². The van der Waals surface area contributed by atoms with E-state index in [4.69, 9.17) is 11.6 Å². The summed E-state index contributed by atoms with van der Waals surface area (Å²) in [6.45, 7) is 0. The summed E-state index contributed by atoms with van der Waals surface area (Å²) in [4.78, 5) is 0. The van der Waals surface area contributed by atoms with Gasteiger partial charge in [0.1, 0.15) is 0 Å². The number of quaternary nitrogens is 1. The predicted octanol–water partition coefficient (Wildman–Crippen LogP) is 2.61. The van der Waals surface area contributed by atoms with Crippen LogP contribution >= 0.6 is 11.6 Å². The van der Waals surface area contributed by atoms with Crippen LogP contribution in [0.1, 0.15) is 37.2 Å². The van der Waals surface area contributed by atoms with Crippen LogP contribution in [0.3, 0.4) is 0 Å². The fourth-order valence-electron chi connectivity index (χ4n) is 2.23. The van der Waals surface area contributed by atoms with Crippen LogP contribution < -0.4 is 5.73 Å². The molecule has 0 aromatic heterocycles. The topological polar surface area (TPSA) is 27.6 Å². The van der Waals surface area contributed by atoms with E-state index in [1.54, 1.807) is 0 Å². The molecule has 2 heteroatoms. The van der Waals surface area contributed by atoms with Gasteiger partial charge in [-0.05, 0) is 49.3 Å². The molecule has 76 valence electrons. The first-order chi connectivity index (χ1) is 6.75. The highest BCUT2D eigenvalue weighted by molar-refractivity contribution is 6.30. The zero-order valence-corrected chi connectivity index (χ0v) is 9.13. The van der Waals surface area contributed by atoms with Crippen LogP contribution in [0.25, 0.3) is 0 Å². The lowest BCUT2D eigenvalue weighted by atomic mass is 9.82. The first-order valence-electron chi connectivity index (χ1n) is 5.34. The van der Waals surface area contributed by atoms with E-state index in [0.29, 0.717) is 6.04 Å². The fourth-order valence-corrected chi connectivity index (χ4v) is 2.36. The maximum Gasteiger partial charge on any atom is 0.0844 e. The molecule has 1 aromatic rings. The van der Waals surface area contributed by atoms with Crippen molar-refractivity contribution >= 4 is 11.6 Å². The molecule has 0 bridgehead atoms. The van der Waals surface area contributed by atoms with Gasteiger partial charge in [-0.2, -0.15) is 0 Å². The molecular weight excluding hydrogens is 194 g/mol. The minimum absolute atomic E-state index is 0.679. The van der Waals surface area contributed by atoms with Gasteiger partial charge in [-0.25, -0.2) is 0 Å². The molecule has 1 aromatic carbocycles. The van der Waals surface area contributed by atoms with Crippen molar-refractivity contribution in [3.05, 3.63) is 34.9 Å². The van der Waals surface area contributed by atoms with Crippen molar-refractivity contribution in [2.45, 2.75) is 37.6 Å². The smallest absolute Gasteiger partial charge is 0.0844 e. The van der Waals surface area contributed by atoms with Gasteiger partial charge in [0.15, 0.2) is 0 Å². The molecule has 0 saturated heterocycles. The largest absolute Gasteiger partial charge is 0.355 e. The highest BCUT2D eigenvalue weighted by Crippen LogP contribution is 2.32. The number of hydrogen-bond donors (Lipinski definition) is 1. The number of rotatable bonds is 1. The molecule has 14 heavy (non-hydrogen) atoms. The summed E-state index contributed by atoms with van der Waals surface area (Å²) in [6.07, 6.45) is 5.12. The highest BCUT2D eigenvalue weighted by atomic mass is 35.5. The van der Waals surface area contributed by atoms with Crippen LogP contribution in [0, 0.1) is 0 Å². The van der Waals surface area contributed by atoms with Crippen LogP contribution in [-0.2, 0) is 0 Å². The van der Waals surface area contributed by atoms with Crippen molar-refractivity contribution in [3.8, 4) is 0 Å². The standard InChI is InChI=1S/C12H16ClN/c13-11-5-1-9(2-6-11)10-3-7-12(14)8-4-10/h1-2,5-6,10,12H,3-4,7-8,14H2/p+1. The lowest BCUT2D eigenvalue weighted by Gasteiger charge is -2.24. The summed E-state index contributed by atoms with van der Waals surface area (Å²) < 4.78 is 0. The van der Waals surface area contributed by atoms with Gasteiger partial charge in [-0.3, -0.25) is 0 Å². The number of hydrogen-bond acceptors (Lipinski definition) is 0. The molecule has 0 heterocycles. The van der Waals surface area contributed by atoms with E-state index in [-0.39, 0.29) is 0 Å². The second-order valence-electron chi connectivity index (χ2n) is 4.27. The molecule has 1 aliphatic carbocycles. The average Bonchev–Trinajstić information content (AvgIpc) is 2.21. The SMILES string of the molecule is [NH3+]C1CCC(c2ccc(Cl)cc2)CC1. The zero-order valence-electron chi connectivity index (χ0n) is 8.38. The first kappa shape index (κ1) is 10.0. The van der Waals surface area contributed by atoms with Gasteiger partial charge < -0.3 is 5.73 Å². The minimum atomic E-state index is 0.679. The molecule has 0 spiro atoms. The molecule has 3 N–H and O–H groups in total. The summed E-state index contributed by atoms with van der Waals surface area (Å²) in [6, 6.07) is 8.99. The molecule has 1 nitrogen and oxygen atoms in total. The molecule has 0 unspecified atom stereocenters. The lowest BCUT2D eigenvalue weighted by molar-refractivity contribution is -0.425. The van der Waals surface area contributed by atoms with E-state index < -0.39 is 0 Å². The summed E-state index contributed by atoms with van der Waals surface area (Å²) in [5.41, 5.74) is 5.56. The van der Waals surface area contributed by atoms with Crippen LogP contribution in [-0.4, -0.2) is 6.04 Å². The van der Waals surface area contributed by atoms with Crippen LogP contribution in [0.5, 0.6) is 0 Å². The van der Waals surface area contributed by atoms with Crippen molar-refractivity contribution in [1.82, 2.24) is 0 Å². The second-order valence-corrected chi connectivity index (χ2v) is 4.71. The highest BCUT2D eigenvalue weighted by Gasteiger charge is 2.21. The third-order valence-corrected chi connectivity index (χ3v) is 3.44. The average molecular weight is 211 g/mol. The molecule has 1 aliphatic rings. The Morgan fingerprint density at radius 2 is 1.57 bits per heavy atom. The molecule has 0 atom stereocenters. The van der Waals surface area contributed by atoms with Crippen molar-refractivity contribution in [1.29, 1.82) is 0 Å². The molecule has 0 radical (unpaired) electrons. The van der Waals surface area contributed by atoms with Gasteiger partial charge in [-0.1, -0.05) is 23.7 Å². The Bertz CT molecular complexity index is 286. The first-order valence-corrected chi connectivity index (χ1v) is 5.72. The third kappa shape index (κ3) is 2.28. The van der Waals surface area contributed by atoms with Crippen LogP contribution in [0.15, 0.2) is 24.3 Å². The van der Waals surface area contributed by atoms with Crippen molar-refractivity contribution < 1.29 is 5.73 Å². The van der Waals surface area contributed by atoms with Gasteiger partial charge >= 0.3 is 0 Å². The molecule has 1 fully saturated rings. The Kier molecular flexibility index (Phi) is 3.09. The Morgan fingerprint density at radius 3 is 2.14 bits per heavy atom. The normalized spacial score (nSPS) is 27.6. The molecule has 2 rings (SSSR count). The summed E-state index contributed by atoms with van der Waals surface area (Å²) in [5, 5.41) is 0.833. The van der Waals surface area contributed by atoms with E-state index in [1.807, 2.05) is 12.1 Å².